The number of alkyl halides is 3. The van der Waals surface area contributed by atoms with Crippen LogP contribution in [-0.2, 0) is 53.0 Å². The normalized spacial score (nSPS) is 23.2. The second-order valence-corrected chi connectivity index (χ2v) is 9.55. The Morgan fingerprint density at radius 1 is 0.846 bits per heavy atom. The summed E-state index contributed by atoms with van der Waals surface area (Å²) < 4.78 is 98.0. The average molecular weight is 586 g/mol. The summed E-state index contributed by atoms with van der Waals surface area (Å²) in [7, 11) is -5.09. The van der Waals surface area contributed by atoms with Gasteiger partial charge in [-0.25, -0.2) is 0 Å². The van der Waals surface area contributed by atoms with Crippen molar-refractivity contribution in [2.45, 2.75) is 63.7 Å². The zero-order valence-corrected chi connectivity index (χ0v) is 22.0. The topological polar surface area (TPSA) is 167 Å². The van der Waals surface area contributed by atoms with Gasteiger partial charge in [0.25, 0.3) is 0 Å². The maximum absolute atomic E-state index is 13.0. The van der Waals surface area contributed by atoms with Crippen LogP contribution in [-0.4, -0.2) is 75.9 Å². The molecular formula is C22H25F3O13S. The third kappa shape index (κ3) is 8.19. The van der Waals surface area contributed by atoms with Gasteiger partial charge in [0.15, 0.2) is 29.8 Å². The Balaban J connectivity index is 2.69. The molecule has 0 bridgehead atoms. The number of benzene rings is 1. The van der Waals surface area contributed by atoms with Gasteiger partial charge < -0.3 is 32.6 Å². The molecule has 1 aliphatic heterocycles. The number of halogens is 3. The van der Waals surface area contributed by atoms with Crippen molar-refractivity contribution < 1.29 is 73.4 Å². The molecule has 1 aromatic rings. The molecule has 2 rings (SSSR count). The van der Waals surface area contributed by atoms with Crippen LogP contribution >= 0.6 is 0 Å². The number of rotatable bonds is 9. The van der Waals surface area contributed by atoms with E-state index in [1.807, 2.05) is 0 Å². The first-order chi connectivity index (χ1) is 18.0. The minimum Gasteiger partial charge on any atom is -0.493 e. The highest BCUT2D eigenvalue weighted by Gasteiger charge is 2.53. The van der Waals surface area contributed by atoms with Gasteiger partial charge in [-0.1, -0.05) is 6.07 Å². The Morgan fingerprint density at radius 2 is 1.38 bits per heavy atom. The number of carbonyl (C=O) groups excluding carboxylic acids is 4. The van der Waals surface area contributed by atoms with Crippen molar-refractivity contribution >= 4 is 34.0 Å². The predicted molar refractivity (Wildman–Crippen MR) is 120 cm³/mol. The first kappa shape index (κ1) is 31.6. The molecule has 0 unspecified atom stereocenters. The summed E-state index contributed by atoms with van der Waals surface area (Å²) in [6.45, 7) is 3.53. The molecule has 1 saturated heterocycles. The molecule has 39 heavy (non-hydrogen) atoms. The van der Waals surface area contributed by atoms with E-state index in [0.717, 1.165) is 46.9 Å². The van der Waals surface area contributed by atoms with E-state index in [0.29, 0.717) is 0 Å². The van der Waals surface area contributed by atoms with Crippen molar-refractivity contribution in [2.75, 3.05) is 13.7 Å². The Hall–Kier alpha value is -3.60. The van der Waals surface area contributed by atoms with Gasteiger partial charge in [-0.15, -0.1) is 0 Å². The zero-order valence-electron chi connectivity index (χ0n) is 21.2. The summed E-state index contributed by atoms with van der Waals surface area (Å²) in [6, 6.07) is 3.07. The smallest absolute Gasteiger partial charge is 0.493 e. The quantitative estimate of drug-likeness (QED) is 0.178. The fourth-order valence-corrected chi connectivity index (χ4v) is 4.06. The highest BCUT2D eigenvalue weighted by Crippen LogP contribution is 2.41. The first-order valence-corrected chi connectivity index (χ1v) is 12.4. The van der Waals surface area contributed by atoms with Crippen LogP contribution in [0.4, 0.5) is 13.2 Å². The average Bonchev–Trinajstić information content (AvgIpc) is 2.78. The van der Waals surface area contributed by atoms with Gasteiger partial charge >= 0.3 is 39.5 Å². The van der Waals surface area contributed by atoms with Gasteiger partial charge in [-0.2, -0.15) is 21.6 Å². The van der Waals surface area contributed by atoms with Crippen molar-refractivity contribution in [3.05, 3.63) is 23.8 Å². The van der Waals surface area contributed by atoms with E-state index >= 15 is 0 Å². The van der Waals surface area contributed by atoms with E-state index in [-0.39, 0.29) is 5.56 Å². The van der Waals surface area contributed by atoms with Crippen molar-refractivity contribution in [3.63, 3.8) is 0 Å². The first-order valence-electron chi connectivity index (χ1n) is 11.0. The van der Waals surface area contributed by atoms with Crippen LogP contribution in [0.25, 0.3) is 0 Å². The lowest BCUT2D eigenvalue weighted by Gasteiger charge is -2.44. The van der Waals surface area contributed by atoms with Crippen molar-refractivity contribution in [2.24, 2.45) is 0 Å². The molecule has 1 aliphatic rings. The fraction of sp³-hybridized carbons (Fsp3) is 0.545. The van der Waals surface area contributed by atoms with Gasteiger partial charge in [0.2, 0.25) is 0 Å². The van der Waals surface area contributed by atoms with Crippen LogP contribution in [0.5, 0.6) is 11.5 Å². The molecule has 13 nitrogen and oxygen atoms in total. The maximum Gasteiger partial charge on any atom is 0.534 e. The van der Waals surface area contributed by atoms with Crippen LogP contribution in [0, 0.1) is 0 Å². The Kier molecular flexibility index (Phi) is 10.1. The summed E-state index contributed by atoms with van der Waals surface area (Å²) in [6.07, 6.45) is -7.51. The lowest BCUT2D eigenvalue weighted by molar-refractivity contribution is -0.254. The Morgan fingerprint density at radius 3 is 1.87 bits per heavy atom. The van der Waals surface area contributed by atoms with Crippen LogP contribution in [0.3, 0.4) is 0 Å². The molecule has 218 valence electrons. The number of esters is 4. The second kappa shape index (κ2) is 12.5. The van der Waals surface area contributed by atoms with Crippen LogP contribution < -0.4 is 8.92 Å². The van der Waals surface area contributed by atoms with E-state index in [4.69, 9.17) is 28.4 Å². The van der Waals surface area contributed by atoms with Gasteiger partial charge in [0, 0.05) is 27.7 Å². The lowest BCUT2D eigenvalue weighted by Crippen LogP contribution is -2.59. The summed E-state index contributed by atoms with van der Waals surface area (Å²) in [4.78, 5) is 47.2. The van der Waals surface area contributed by atoms with E-state index in [9.17, 15) is 40.8 Å². The number of ether oxygens (including phenoxy) is 6. The third-order valence-electron chi connectivity index (χ3n) is 4.99. The molecule has 0 amide bonds. The molecule has 1 fully saturated rings. The molecule has 0 aromatic heterocycles. The van der Waals surface area contributed by atoms with Crippen LogP contribution in [0.15, 0.2) is 18.2 Å². The highest BCUT2D eigenvalue weighted by molar-refractivity contribution is 7.88. The standard InChI is InChI=1S/C22H25F3O13S/c1-10(26)33-9-17-19(34-11(2)27)21(36-13(4)29)20(35-12(3)28)18(37-17)14-6-7-15(32-5)16(8-14)38-39(30,31)22(23,24)25/h6-8,17-21H,9H2,1-5H3/t17-,18-,19-,20-,21-/m1/s1. The minimum absolute atomic E-state index is 0.138. The van der Waals surface area contributed by atoms with E-state index in [1.54, 1.807) is 0 Å². The van der Waals surface area contributed by atoms with E-state index < -0.39 is 88.1 Å². The lowest BCUT2D eigenvalue weighted by atomic mass is 9.90. The Labute approximate surface area is 220 Å². The van der Waals surface area contributed by atoms with Crippen molar-refractivity contribution in [1.82, 2.24) is 0 Å². The van der Waals surface area contributed by atoms with Crippen LogP contribution in [0.1, 0.15) is 39.4 Å². The van der Waals surface area contributed by atoms with Crippen molar-refractivity contribution in [3.8, 4) is 11.5 Å². The molecule has 1 heterocycles. The van der Waals surface area contributed by atoms with Crippen molar-refractivity contribution in [1.29, 1.82) is 0 Å². The van der Waals surface area contributed by atoms with Gasteiger partial charge in [0.1, 0.15) is 18.8 Å². The molecule has 5 atom stereocenters. The monoisotopic (exact) mass is 586 g/mol. The maximum atomic E-state index is 13.0. The SMILES string of the molecule is COc1ccc([C@H]2O[C@H](COC(C)=O)[C@@H](OC(C)=O)[C@@H](OC(C)=O)[C@@H]2OC(C)=O)cc1OS(=O)(=O)C(F)(F)F. The molecule has 0 saturated carbocycles. The molecular weight excluding hydrogens is 561 g/mol. The number of hydrogen-bond acceptors (Lipinski definition) is 13. The summed E-state index contributed by atoms with van der Waals surface area (Å²) in [5, 5.41) is 0. The zero-order chi connectivity index (χ0) is 29.7. The number of hydrogen-bond donors (Lipinski definition) is 0. The molecule has 1 aromatic carbocycles. The summed E-state index contributed by atoms with van der Waals surface area (Å²) >= 11 is 0. The number of methoxy groups -OCH3 is 1. The molecule has 0 radical (unpaired) electrons. The van der Waals surface area contributed by atoms with E-state index in [1.165, 1.54) is 6.07 Å². The van der Waals surface area contributed by atoms with Gasteiger partial charge in [-0.3, -0.25) is 19.2 Å². The summed E-state index contributed by atoms with van der Waals surface area (Å²) in [5.74, 6) is -4.78. The fourth-order valence-electron chi connectivity index (χ4n) is 3.60. The van der Waals surface area contributed by atoms with Gasteiger partial charge in [0.05, 0.1) is 7.11 Å². The molecule has 17 heteroatoms. The Bertz CT molecular complexity index is 1200. The molecule has 0 N–H and O–H groups in total. The minimum atomic E-state index is -6.13. The predicted octanol–water partition coefficient (Wildman–Crippen LogP) is 1.72. The highest BCUT2D eigenvalue weighted by atomic mass is 32.2. The number of carbonyl (C=O) groups is 4. The largest absolute Gasteiger partial charge is 0.534 e. The molecule has 0 spiro atoms. The van der Waals surface area contributed by atoms with E-state index in [2.05, 4.69) is 4.18 Å². The molecule has 0 aliphatic carbocycles. The second-order valence-electron chi connectivity index (χ2n) is 8.01. The summed E-state index contributed by atoms with van der Waals surface area (Å²) in [5.41, 5.74) is -5.91. The van der Waals surface area contributed by atoms with Crippen LogP contribution in [0.2, 0.25) is 0 Å². The third-order valence-corrected chi connectivity index (χ3v) is 5.96. The van der Waals surface area contributed by atoms with Gasteiger partial charge in [-0.05, 0) is 17.7 Å².